The normalized spacial score (nSPS) is 10.6. The van der Waals surface area contributed by atoms with E-state index in [1.807, 2.05) is 0 Å². The summed E-state index contributed by atoms with van der Waals surface area (Å²) in [5.41, 5.74) is -0.0191. The van der Waals surface area contributed by atoms with Crippen molar-refractivity contribution in [1.82, 2.24) is 4.98 Å². The third-order valence-electron chi connectivity index (χ3n) is 2.24. The Balaban J connectivity index is 2.40. The molecule has 0 saturated carbocycles. The molecule has 2 aromatic rings. The first-order valence-electron chi connectivity index (χ1n) is 5.35. The summed E-state index contributed by atoms with van der Waals surface area (Å²) >= 11 is 3.26. The van der Waals surface area contributed by atoms with Crippen molar-refractivity contribution in [2.75, 3.05) is 6.61 Å². The van der Waals surface area contributed by atoms with E-state index >= 15 is 0 Å². The molecule has 2 rings (SSSR count). The number of rotatable bonds is 3. The number of esters is 1. The van der Waals surface area contributed by atoms with Crippen LogP contribution in [0.4, 0.5) is 0 Å². The molecule has 0 aliphatic heterocycles. The summed E-state index contributed by atoms with van der Waals surface area (Å²) in [7, 11) is 0. The van der Waals surface area contributed by atoms with Gasteiger partial charge in [0.1, 0.15) is 6.42 Å². The monoisotopic (exact) mass is 311 g/mol. The van der Waals surface area contributed by atoms with Crippen LogP contribution in [0.3, 0.4) is 0 Å². The van der Waals surface area contributed by atoms with Gasteiger partial charge in [0.05, 0.1) is 17.5 Å². The third-order valence-corrected chi connectivity index (χ3v) is 2.73. The van der Waals surface area contributed by atoms with Crippen LogP contribution in [0.2, 0.25) is 0 Å². The van der Waals surface area contributed by atoms with Crippen LogP contribution in [0.1, 0.15) is 12.8 Å². The van der Waals surface area contributed by atoms with Crippen LogP contribution in [0.25, 0.3) is 10.9 Å². The van der Waals surface area contributed by atoms with E-state index in [1.165, 1.54) is 0 Å². The fourth-order valence-corrected chi connectivity index (χ4v) is 1.86. The van der Waals surface area contributed by atoms with E-state index in [-0.39, 0.29) is 18.9 Å². The van der Waals surface area contributed by atoms with Gasteiger partial charge in [0, 0.05) is 4.47 Å². The SMILES string of the molecule is CCOC(=O)Cc1nc2ccc(Br)cc2c(=O)o1. The lowest BCUT2D eigenvalue weighted by molar-refractivity contribution is -0.142. The Hall–Kier alpha value is -1.69. The maximum Gasteiger partial charge on any atom is 0.346 e. The van der Waals surface area contributed by atoms with E-state index in [4.69, 9.17) is 9.15 Å². The molecule has 0 fully saturated rings. The number of hydrogen-bond donors (Lipinski definition) is 0. The third kappa shape index (κ3) is 2.76. The molecule has 0 bridgehead atoms. The highest BCUT2D eigenvalue weighted by atomic mass is 79.9. The highest BCUT2D eigenvalue weighted by Crippen LogP contribution is 2.15. The van der Waals surface area contributed by atoms with Crippen molar-refractivity contribution < 1.29 is 13.9 Å². The summed E-state index contributed by atoms with van der Waals surface area (Å²) in [6.45, 7) is 1.99. The van der Waals surface area contributed by atoms with Gasteiger partial charge in [-0.1, -0.05) is 15.9 Å². The van der Waals surface area contributed by atoms with E-state index in [9.17, 15) is 9.59 Å². The Morgan fingerprint density at radius 2 is 2.28 bits per heavy atom. The minimum atomic E-state index is -0.513. The molecule has 1 aromatic carbocycles. The quantitative estimate of drug-likeness (QED) is 0.811. The van der Waals surface area contributed by atoms with Gasteiger partial charge >= 0.3 is 11.6 Å². The van der Waals surface area contributed by atoms with Crippen molar-refractivity contribution in [3.8, 4) is 0 Å². The molecule has 0 radical (unpaired) electrons. The second kappa shape index (κ2) is 5.30. The first-order valence-corrected chi connectivity index (χ1v) is 6.14. The average Bonchev–Trinajstić information content (AvgIpc) is 2.30. The molecule has 18 heavy (non-hydrogen) atoms. The van der Waals surface area contributed by atoms with Crippen LogP contribution < -0.4 is 5.63 Å². The molecule has 1 heterocycles. The summed E-state index contributed by atoms with van der Waals surface area (Å²) in [6, 6.07) is 5.08. The van der Waals surface area contributed by atoms with E-state index in [0.29, 0.717) is 10.9 Å². The standard InChI is InChI=1S/C12H10BrNO4/c1-2-17-11(15)6-10-14-9-4-3-7(13)5-8(9)12(16)18-10/h3-5H,2,6H2,1H3. The lowest BCUT2D eigenvalue weighted by atomic mass is 10.2. The zero-order valence-corrected chi connectivity index (χ0v) is 11.2. The number of hydrogen-bond acceptors (Lipinski definition) is 5. The largest absolute Gasteiger partial charge is 0.466 e. The highest BCUT2D eigenvalue weighted by Gasteiger charge is 2.11. The lowest BCUT2D eigenvalue weighted by Crippen LogP contribution is -2.12. The molecule has 0 atom stereocenters. The first-order chi connectivity index (χ1) is 8.60. The van der Waals surface area contributed by atoms with Gasteiger partial charge in [-0.3, -0.25) is 4.79 Å². The number of benzene rings is 1. The van der Waals surface area contributed by atoms with Crippen molar-refractivity contribution in [1.29, 1.82) is 0 Å². The summed E-state index contributed by atoms with van der Waals surface area (Å²) in [5, 5.41) is 0.372. The number of carbonyl (C=O) groups excluding carboxylic acids is 1. The molecule has 6 heteroatoms. The molecule has 1 aromatic heterocycles. The van der Waals surface area contributed by atoms with Gasteiger partial charge in [-0.2, -0.15) is 0 Å². The van der Waals surface area contributed by atoms with Crippen LogP contribution >= 0.6 is 15.9 Å². The van der Waals surface area contributed by atoms with Crippen molar-refractivity contribution in [3.63, 3.8) is 0 Å². The minimum absolute atomic E-state index is 0.0632. The lowest BCUT2D eigenvalue weighted by Gasteiger charge is -2.02. The maximum atomic E-state index is 11.7. The smallest absolute Gasteiger partial charge is 0.346 e. The minimum Gasteiger partial charge on any atom is -0.466 e. The molecule has 5 nitrogen and oxygen atoms in total. The zero-order valence-electron chi connectivity index (χ0n) is 9.60. The average molecular weight is 312 g/mol. The van der Waals surface area contributed by atoms with E-state index in [0.717, 1.165) is 4.47 Å². The Bertz CT molecular complexity index is 650. The molecular weight excluding hydrogens is 302 g/mol. The topological polar surface area (TPSA) is 69.4 Å². The summed E-state index contributed by atoms with van der Waals surface area (Å²) in [6.07, 6.45) is -0.144. The van der Waals surface area contributed by atoms with Gasteiger partial charge in [-0.15, -0.1) is 0 Å². The van der Waals surface area contributed by atoms with Crippen LogP contribution in [0.5, 0.6) is 0 Å². The van der Waals surface area contributed by atoms with Crippen molar-refractivity contribution >= 4 is 32.8 Å². The number of ether oxygens (including phenoxy) is 1. The molecule has 0 amide bonds. The summed E-state index contributed by atoms with van der Waals surface area (Å²) in [4.78, 5) is 27.1. The predicted octanol–water partition coefficient (Wildman–Crippen LogP) is 2.06. The Morgan fingerprint density at radius 3 is 3.00 bits per heavy atom. The molecule has 0 aliphatic rings. The fourth-order valence-electron chi connectivity index (χ4n) is 1.50. The molecule has 0 N–H and O–H groups in total. The number of fused-ring (bicyclic) bond motifs is 1. The Morgan fingerprint density at radius 1 is 1.50 bits per heavy atom. The van der Waals surface area contributed by atoms with Crippen molar-refractivity contribution in [2.24, 2.45) is 0 Å². The van der Waals surface area contributed by atoms with Crippen molar-refractivity contribution in [2.45, 2.75) is 13.3 Å². The number of nitrogens with zero attached hydrogens (tertiary/aromatic N) is 1. The van der Waals surface area contributed by atoms with Gasteiger partial charge in [-0.25, -0.2) is 9.78 Å². The van der Waals surface area contributed by atoms with E-state index in [2.05, 4.69) is 20.9 Å². The highest BCUT2D eigenvalue weighted by molar-refractivity contribution is 9.10. The van der Waals surface area contributed by atoms with Gasteiger partial charge < -0.3 is 9.15 Å². The van der Waals surface area contributed by atoms with E-state index in [1.54, 1.807) is 25.1 Å². The second-order valence-electron chi connectivity index (χ2n) is 3.54. The number of aromatic nitrogens is 1. The molecular formula is C12H10BrNO4. The summed E-state index contributed by atoms with van der Waals surface area (Å²) in [5.74, 6) is -0.405. The number of carbonyl (C=O) groups is 1. The second-order valence-corrected chi connectivity index (χ2v) is 4.45. The van der Waals surface area contributed by atoms with E-state index < -0.39 is 11.6 Å². The Kier molecular flexibility index (Phi) is 3.76. The van der Waals surface area contributed by atoms with Crippen LogP contribution in [-0.4, -0.2) is 17.6 Å². The molecule has 94 valence electrons. The summed E-state index contributed by atoms with van der Waals surface area (Å²) < 4.78 is 10.5. The molecule has 0 spiro atoms. The Labute approximate surface area is 111 Å². The van der Waals surface area contributed by atoms with Crippen molar-refractivity contribution in [3.05, 3.63) is 39.0 Å². The van der Waals surface area contributed by atoms with Gasteiger partial charge in [0.15, 0.2) is 0 Å². The van der Waals surface area contributed by atoms with Gasteiger partial charge in [0.2, 0.25) is 5.89 Å². The van der Waals surface area contributed by atoms with Crippen LogP contribution in [0, 0.1) is 0 Å². The predicted molar refractivity (Wildman–Crippen MR) is 68.3 cm³/mol. The van der Waals surface area contributed by atoms with Gasteiger partial charge in [-0.05, 0) is 25.1 Å². The molecule has 0 aliphatic carbocycles. The fraction of sp³-hybridized carbons (Fsp3) is 0.250. The van der Waals surface area contributed by atoms with Gasteiger partial charge in [0.25, 0.3) is 0 Å². The van der Waals surface area contributed by atoms with Crippen LogP contribution in [0.15, 0.2) is 31.9 Å². The number of halogens is 1. The maximum absolute atomic E-state index is 11.7. The molecule has 0 saturated heterocycles. The zero-order chi connectivity index (χ0) is 13.1. The van der Waals surface area contributed by atoms with Crippen LogP contribution in [-0.2, 0) is 16.0 Å². The molecule has 0 unspecified atom stereocenters. The first kappa shape index (κ1) is 12.8.